The first kappa shape index (κ1) is 70.8. The minimum absolute atomic E-state index is 0.0701. The average molecular weight is 1330 g/mol. The number of esters is 4. The average Bonchev–Trinajstić information content (AvgIpc) is 0.749. The van der Waals surface area contributed by atoms with E-state index in [-0.39, 0.29) is 117 Å². The third kappa shape index (κ3) is 17.7. The van der Waals surface area contributed by atoms with E-state index < -0.39 is 100 Å². The fourth-order valence-electron chi connectivity index (χ4n) is 11.1. The number of benzene rings is 8. The molecule has 8 bridgehead atoms. The lowest BCUT2D eigenvalue weighted by Gasteiger charge is -2.30. The number of hydrogen-bond donors (Lipinski definition) is 0. The summed E-state index contributed by atoms with van der Waals surface area (Å²) in [5.41, 5.74) is 1.75. The molecule has 8 aromatic carbocycles. The van der Waals surface area contributed by atoms with Crippen LogP contribution in [0.3, 0.4) is 0 Å². The zero-order valence-electron chi connectivity index (χ0n) is 54.1. The fourth-order valence-corrected chi connectivity index (χ4v) is 11.1. The van der Waals surface area contributed by atoms with Crippen LogP contribution in [0.5, 0.6) is 46.0 Å². The van der Waals surface area contributed by atoms with Crippen LogP contribution in [0.15, 0.2) is 170 Å². The summed E-state index contributed by atoms with van der Waals surface area (Å²) in [4.78, 5) is 64.7. The lowest BCUT2D eigenvalue weighted by atomic mass is 9.79. The van der Waals surface area contributed by atoms with Gasteiger partial charge in [0.05, 0.1) is 0 Å². The van der Waals surface area contributed by atoms with Gasteiger partial charge in [-0.25, -0.2) is 0 Å². The van der Waals surface area contributed by atoms with Gasteiger partial charge in [0.1, 0.15) is 149 Å². The molecule has 100 heavy (non-hydrogen) atoms. The van der Waals surface area contributed by atoms with Crippen molar-refractivity contribution in [1.29, 1.82) is 0 Å². The van der Waals surface area contributed by atoms with Gasteiger partial charge >= 0.3 is 23.9 Å². The van der Waals surface area contributed by atoms with Crippen LogP contribution in [-0.4, -0.2) is 76.7 Å². The van der Waals surface area contributed by atoms with Gasteiger partial charge in [0.15, 0.2) is 0 Å². The van der Waals surface area contributed by atoms with Crippen molar-refractivity contribution in [3.63, 3.8) is 0 Å². The van der Waals surface area contributed by atoms with Crippen molar-refractivity contribution in [3.05, 3.63) is 237 Å². The van der Waals surface area contributed by atoms with Crippen molar-refractivity contribution in [1.82, 2.24) is 0 Å². The van der Waals surface area contributed by atoms with E-state index in [9.17, 15) is 0 Å². The fraction of sp³-hybridized carbons (Fsp3) is 0.190. The number of carbonyl (C=O) groups excluding carboxylic acids is 4. The van der Waals surface area contributed by atoms with Crippen molar-refractivity contribution < 1.29 is 76.0 Å². The zero-order valence-corrected chi connectivity index (χ0v) is 54.1. The SMILES string of the molecule is C#CCOc1cc(OCC#C)c2cc1C(C(=O)OCc1ccccc1)c1cc(c(OCC#C)cc1OCC#C)C(C(=O)OCc1ccccc1)c1cc(c(OCC#C)cc1OCC#C)C(C(=O)OCc1ccccc1)c1cc(c(OCC#C)cc1OCC#C)C2C(=O)OCc1ccccc1. The van der Waals surface area contributed by atoms with Crippen LogP contribution in [0.2, 0.25) is 0 Å². The lowest BCUT2D eigenvalue weighted by molar-refractivity contribution is -0.146. The molecule has 16 nitrogen and oxygen atoms in total. The molecule has 16 heteroatoms. The topological polar surface area (TPSA) is 179 Å². The predicted molar refractivity (Wildman–Crippen MR) is 373 cm³/mol. The summed E-state index contributed by atoms with van der Waals surface area (Å²) in [5, 5.41) is 0. The van der Waals surface area contributed by atoms with Crippen molar-refractivity contribution in [2.24, 2.45) is 0 Å². The van der Waals surface area contributed by atoms with Crippen LogP contribution in [-0.2, 0) is 64.6 Å². The maximum atomic E-state index is 16.2. The van der Waals surface area contributed by atoms with Crippen molar-refractivity contribution in [2.45, 2.75) is 50.1 Å². The first-order chi connectivity index (χ1) is 49.0. The van der Waals surface area contributed by atoms with Crippen molar-refractivity contribution >= 4 is 23.9 Å². The van der Waals surface area contributed by atoms with E-state index in [1.807, 2.05) is 0 Å². The molecule has 0 radical (unpaired) electrons. The minimum Gasteiger partial charge on any atom is -0.480 e. The van der Waals surface area contributed by atoms with E-state index in [2.05, 4.69) is 47.4 Å². The molecule has 0 saturated heterocycles. The van der Waals surface area contributed by atoms with Crippen LogP contribution < -0.4 is 37.9 Å². The van der Waals surface area contributed by atoms with E-state index in [0.717, 1.165) is 0 Å². The lowest BCUT2D eigenvalue weighted by Crippen LogP contribution is -2.25. The molecule has 0 aliphatic heterocycles. The molecule has 1 aliphatic carbocycles. The third-order valence-electron chi connectivity index (χ3n) is 15.4. The highest BCUT2D eigenvalue weighted by atomic mass is 16.6. The van der Waals surface area contributed by atoms with Gasteiger partial charge < -0.3 is 56.8 Å². The second kappa shape index (κ2) is 35.9. The molecule has 8 aromatic rings. The zero-order chi connectivity index (χ0) is 70.6. The largest absolute Gasteiger partial charge is 0.480 e. The van der Waals surface area contributed by atoms with Crippen LogP contribution in [0.4, 0.5) is 0 Å². The molecule has 0 spiro atoms. The van der Waals surface area contributed by atoms with Crippen LogP contribution in [0, 0.1) is 98.8 Å². The Morgan fingerprint density at radius 2 is 0.390 bits per heavy atom. The Morgan fingerprint density at radius 3 is 0.530 bits per heavy atom. The van der Waals surface area contributed by atoms with E-state index in [1.54, 1.807) is 121 Å². The van der Waals surface area contributed by atoms with Gasteiger partial charge in [0.25, 0.3) is 0 Å². The highest BCUT2D eigenvalue weighted by molar-refractivity contribution is 5.91. The number of carbonyl (C=O) groups is 4. The minimum atomic E-state index is -1.77. The number of fused-ring (bicyclic) bond motifs is 8. The molecule has 0 amide bonds. The van der Waals surface area contributed by atoms with Crippen LogP contribution >= 0.6 is 0 Å². The first-order valence-corrected chi connectivity index (χ1v) is 31.0. The Labute approximate surface area is 581 Å². The van der Waals surface area contributed by atoms with Crippen LogP contribution in [0.1, 0.15) is 90.4 Å². The summed E-state index contributed by atoms with van der Waals surface area (Å²) in [7, 11) is 0. The number of terminal acetylenes is 8. The highest BCUT2D eigenvalue weighted by Crippen LogP contribution is 2.52. The molecule has 0 fully saturated rings. The number of hydrogen-bond acceptors (Lipinski definition) is 16. The summed E-state index contributed by atoms with van der Waals surface area (Å²) < 4.78 is 77.1. The Hall–Kier alpha value is -13.5. The summed E-state index contributed by atoms with van der Waals surface area (Å²) in [6, 6.07) is 46.6. The van der Waals surface area contributed by atoms with Crippen molar-refractivity contribution in [2.75, 3.05) is 52.9 Å². The normalized spacial score (nSPS) is 13.8. The number of rotatable bonds is 28. The van der Waals surface area contributed by atoms with E-state index in [0.29, 0.717) is 22.3 Å². The van der Waals surface area contributed by atoms with Crippen molar-refractivity contribution in [3.8, 4) is 145 Å². The van der Waals surface area contributed by atoms with Gasteiger partial charge in [-0.2, -0.15) is 0 Å². The Bertz CT molecular complexity index is 3850. The quantitative estimate of drug-likeness (QED) is 0.0257. The number of ether oxygens (including phenoxy) is 12. The molecule has 0 heterocycles. The van der Waals surface area contributed by atoms with Crippen LogP contribution in [0.25, 0.3) is 0 Å². The van der Waals surface area contributed by atoms with Gasteiger partial charge in [0.2, 0.25) is 0 Å². The van der Waals surface area contributed by atoms with E-state index in [4.69, 9.17) is 108 Å². The Morgan fingerprint density at radius 1 is 0.240 bits per heavy atom. The monoisotopic (exact) mass is 1330 g/mol. The maximum Gasteiger partial charge on any atom is 0.318 e. The molecule has 0 aromatic heterocycles. The summed E-state index contributed by atoms with van der Waals surface area (Å²) in [6.07, 6.45) is 47.8. The van der Waals surface area contributed by atoms with Gasteiger partial charge in [-0.05, 0) is 46.5 Å². The van der Waals surface area contributed by atoms with Gasteiger partial charge in [-0.15, -0.1) is 51.4 Å². The maximum absolute atomic E-state index is 16.2. The molecular weight excluding hydrogens is 1260 g/mol. The second-order valence-corrected chi connectivity index (χ2v) is 21.8. The molecule has 0 atom stereocenters. The third-order valence-corrected chi connectivity index (χ3v) is 15.4. The Kier molecular flexibility index (Phi) is 25.4. The predicted octanol–water partition coefficient (Wildman–Crippen LogP) is 11.6. The van der Waals surface area contributed by atoms with Gasteiger partial charge in [-0.1, -0.05) is 169 Å². The standard InChI is InChI=1S/C84H64O16/c1-9-37-89-69-49-70(90-38-10-2)62-45-61(69)77(81(85)97-53-57-29-21-17-22-30-57)63-46-64(72(92-40-12-4)50-71(63)91-39-11-3)79(83(87)99-55-59-33-25-19-26-34-59)67-48-68(76(96-44-16-8)52-75(67)95-43-15-7)80(84(88)100-56-60-35-27-20-28-36-60)66-47-65(73(93-41-13-5)51-74(66)94-42-14-6)78(62)82(86)98-54-58-31-23-18-24-32-58/h1-8,17-36,45-52,77-80H,37-44,53-56H2. The summed E-state index contributed by atoms with van der Waals surface area (Å²) in [5.74, 6) is 7.97. The molecule has 9 rings (SSSR count). The smallest absolute Gasteiger partial charge is 0.318 e. The molecular formula is C84H64O16. The van der Waals surface area contributed by atoms with Gasteiger partial charge in [-0.3, -0.25) is 19.2 Å². The Balaban J connectivity index is 1.55. The second-order valence-electron chi connectivity index (χ2n) is 21.8. The highest BCUT2D eigenvalue weighted by Gasteiger charge is 2.43. The van der Waals surface area contributed by atoms with E-state index in [1.165, 1.54) is 48.5 Å². The molecule has 0 saturated carbocycles. The molecule has 1 aliphatic rings. The van der Waals surface area contributed by atoms with E-state index >= 15 is 19.2 Å². The van der Waals surface area contributed by atoms with Gasteiger partial charge in [0, 0.05) is 68.8 Å². The molecule has 0 unspecified atom stereocenters. The summed E-state index contributed by atoms with van der Waals surface area (Å²) >= 11 is 0. The first-order valence-electron chi connectivity index (χ1n) is 31.0. The molecule has 496 valence electrons. The summed E-state index contributed by atoms with van der Waals surface area (Å²) in [6.45, 7) is -4.60. The molecule has 0 N–H and O–H groups in total.